The molecule has 0 aliphatic carbocycles. The predicted octanol–water partition coefficient (Wildman–Crippen LogP) is 12.3. The molecule has 0 atom stereocenters. The first kappa shape index (κ1) is 35.3. The summed E-state index contributed by atoms with van der Waals surface area (Å²) >= 11 is 0. The van der Waals surface area contributed by atoms with Crippen LogP contribution < -0.4 is 28.7 Å². The SMILES string of the molecule is CCOc1cccc(N(c2cccc(OCC)c2)c2ccc3c(c2)c2cc(N(c4cccc(OCC)c4)c4cccc(OCC)c4)ccc2n3CC)c1. The van der Waals surface area contributed by atoms with Gasteiger partial charge in [0.25, 0.3) is 0 Å². The van der Waals surface area contributed by atoms with E-state index in [1.807, 2.05) is 76.2 Å². The van der Waals surface area contributed by atoms with E-state index in [0.717, 1.165) is 63.7 Å². The minimum Gasteiger partial charge on any atom is -0.494 e. The molecule has 1 aromatic heterocycles. The Hall–Kier alpha value is -6.08. The molecule has 0 unspecified atom stereocenters. The van der Waals surface area contributed by atoms with E-state index in [0.29, 0.717) is 26.4 Å². The van der Waals surface area contributed by atoms with Crippen molar-refractivity contribution in [3.8, 4) is 23.0 Å². The summed E-state index contributed by atoms with van der Waals surface area (Å²) in [6, 6.07) is 46.6. The third-order valence-electron chi connectivity index (χ3n) is 9.21. The number of nitrogens with zero attached hydrogens (tertiary/aromatic N) is 3. The van der Waals surface area contributed by atoms with Crippen molar-refractivity contribution < 1.29 is 18.9 Å². The maximum atomic E-state index is 5.95. The summed E-state index contributed by atoms with van der Waals surface area (Å²) < 4.78 is 26.2. The average molecular weight is 706 g/mol. The Morgan fingerprint density at radius 3 is 0.962 bits per heavy atom. The van der Waals surface area contributed by atoms with Crippen LogP contribution in [-0.4, -0.2) is 31.0 Å². The number of rotatable bonds is 15. The standard InChI is InChI=1S/C46H47N3O4/c1-6-47-45-25-23-37(48(33-15-11-19-39(27-33)50-7-2)34-16-12-20-40(28-34)51-8-3)31-43(45)44-32-38(24-26-46(44)47)49(35-17-13-21-41(29-35)52-9-4)36-18-14-22-42(30-36)53-10-5/h11-32H,6-10H2,1-5H3. The van der Waals surface area contributed by atoms with Gasteiger partial charge in [0.1, 0.15) is 23.0 Å². The van der Waals surface area contributed by atoms with Gasteiger partial charge in [-0.2, -0.15) is 0 Å². The number of aryl methyl sites for hydroxylation is 1. The molecule has 7 aromatic rings. The van der Waals surface area contributed by atoms with Crippen molar-refractivity contribution in [1.82, 2.24) is 4.57 Å². The van der Waals surface area contributed by atoms with Crippen LogP contribution in [0.15, 0.2) is 133 Å². The molecule has 0 saturated carbocycles. The Labute approximate surface area is 312 Å². The molecule has 0 fully saturated rings. The van der Waals surface area contributed by atoms with Crippen LogP contribution >= 0.6 is 0 Å². The molecule has 7 rings (SSSR count). The van der Waals surface area contributed by atoms with Gasteiger partial charge >= 0.3 is 0 Å². The van der Waals surface area contributed by atoms with Crippen molar-refractivity contribution in [3.63, 3.8) is 0 Å². The lowest BCUT2D eigenvalue weighted by atomic mass is 10.1. The predicted molar refractivity (Wildman–Crippen MR) is 219 cm³/mol. The molecule has 0 aliphatic rings. The van der Waals surface area contributed by atoms with Crippen molar-refractivity contribution in [3.05, 3.63) is 133 Å². The molecule has 0 aliphatic heterocycles. The first-order valence-corrected chi connectivity index (χ1v) is 18.6. The van der Waals surface area contributed by atoms with Crippen molar-refractivity contribution in [1.29, 1.82) is 0 Å². The first-order chi connectivity index (χ1) is 26.0. The summed E-state index contributed by atoms with van der Waals surface area (Å²) in [7, 11) is 0. The minimum absolute atomic E-state index is 0.594. The van der Waals surface area contributed by atoms with Gasteiger partial charge in [-0.05, 0) is 120 Å². The largest absolute Gasteiger partial charge is 0.494 e. The van der Waals surface area contributed by atoms with E-state index < -0.39 is 0 Å². The number of hydrogen-bond donors (Lipinski definition) is 0. The fourth-order valence-electron chi connectivity index (χ4n) is 7.11. The lowest BCUT2D eigenvalue weighted by Gasteiger charge is -2.27. The highest BCUT2D eigenvalue weighted by atomic mass is 16.5. The number of aromatic nitrogens is 1. The number of fused-ring (bicyclic) bond motifs is 3. The molecule has 0 bridgehead atoms. The smallest absolute Gasteiger partial charge is 0.121 e. The number of anilines is 6. The van der Waals surface area contributed by atoms with E-state index in [2.05, 4.69) is 106 Å². The van der Waals surface area contributed by atoms with Crippen LogP contribution in [0.3, 0.4) is 0 Å². The van der Waals surface area contributed by atoms with Crippen molar-refractivity contribution in [2.24, 2.45) is 0 Å². The Morgan fingerprint density at radius 2 is 0.679 bits per heavy atom. The fourth-order valence-corrected chi connectivity index (χ4v) is 7.11. The van der Waals surface area contributed by atoms with E-state index in [1.54, 1.807) is 0 Å². The molecule has 0 spiro atoms. The second-order valence-corrected chi connectivity index (χ2v) is 12.5. The van der Waals surface area contributed by atoms with Crippen LogP contribution in [0.4, 0.5) is 34.1 Å². The van der Waals surface area contributed by atoms with Crippen LogP contribution in [0.2, 0.25) is 0 Å². The van der Waals surface area contributed by atoms with Gasteiger partial charge in [-0.1, -0.05) is 24.3 Å². The summed E-state index contributed by atoms with van der Waals surface area (Å²) in [5.41, 5.74) is 8.42. The highest BCUT2D eigenvalue weighted by molar-refractivity contribution is 6.11. The van der Waals surface area contributed by atoms with Crippen molar-refractivity contribution in [2.45, 2.75) is 41.2 Å². The molecule has 270 valence electrons. The zero-order valence-corrected chi connectivity index (χ0v) is 31.2. The second-order valence-electron chi connectivity index (χ2n) is 12.5. The van der Waals surface area contributed by atoms with Crippen LogP contribution in [0.5, 0.6) is 23.0 Å². The lowest BCUT2D eigenvalue weighted by Crippen LogP contribution is -2.10. The van der Waals surface area contributed by atoms with Gasteiger partial charge in [-0.3, -0.25) is 0 Å². The van der Waals surface area contributed by atoms with E-state index in [1.165, 1.54) is 21.8 Å². The average Bonchev–Trinajstić information content (AvgIpc) is 3.49. The molecule has 53 heavy (non-hydrogen) atoms. The summed E-state index contributed by atoms with van der Waals surface area (Å²) in [6.07, 6.45) is 0. The summed E-state index contributed by atoms with van der Waals surface area (Å²) in [5, 5.41) is 2.33. The molecule has 0 radical (unpaired) electrons. The monoisotopic (exact) mass is 705 g/mol. The highest BCUT2D eigenvalue weighted by Gasteiger charge is 2.20. The van der Waals surface area contributed by atoms with Gasteiger partial charge in [0, 0.05) is 86.7 Å². The molecular formula is C46H47N3O4. The number of hydrogen-bond acceptors (Lipinski definition) is 6. The highest BCUT2D eigenvalue weighted by Crippen LogP contribution is 2.43. The summed E-state index contributed by atoms with van der Waals surface area (Å²) in [5.74, 6) is 3.30. The van der Waals surface area contributed by atoms with Gasteiger partial charge in [0.05, 0.1) is 26.4 Å². The van der Waals surface area contributed by atoms with Crippen molar-refractivity contribution in [2.75, 3.05) is 36.2 Å². The van der Waals surface area contributed by atoms with E-state index in [9.17, 15) is 0 Å². The number of ether oxygens (including phenoxy) is 4. The van der Waals surface area contributed by atoms with Gasteiger partial charge in [0.15, 0.2) is 0 Å². The first-order valence-electron chi connectivity index (χ1n) is 18.6. The normalized spacial score (nSPS) is 11.1. The van der Waals surface area contributed by atoms with Crippen LogP contribution in [0.25, 0.3) is 21.8 Å². The third kappa shape index (κ3) is 7.33. The number of benzene rings is 6. The van der Waals surface area contributed by atoms with Crippen molar-refractivity contribution >= 4 is 55.9 Å². The molecule has 6 aromatic carbocycles. The van der Waals surface area contributed by atoms with Crippen LogP contribution in [0, 0.1) is 0 Å². The Kier molecular flexibility index (Phi) is 10.7. The van der Waals surface area contributed by atoms with E-state index in [4.69, 9.17) is 18.9 Å². The van der Waals surface area contributed by atoms with Gasteiger partial charge in [-0.15, -0.1) is 0 Å². The fraction of sp³-hybridized carbons (Fsp3) is 0.217. The zero-order valence-electron chi connectivity index (χ0n) is 31.2. The molecule has 0 amide bonds. The minimum atomic E-state index is 0.594. The van der Waals surface area contributed by atoms with E-state index >= 15 is 0 Å². The Bertz CT molecular complexity index is 2070. The molecule has 7 nitrogen and oxygen atoms in total. The molecule has 0 N–H and O–H groups in total. The maximum Gasteiger partial charge on any atom is 0.121 e. The molecule has 0 saturated heterocycles. The Balaban J connectivity index is 1.43. The molecule has 7 heteroatoms. The van der Waals surface area contributed by atoms with Gasteiger partial charge in [-0.25, -0.2) is 0 Å². The Morgan fingerprint density at radius 1 is 0.377 bits per heavy atom. The maximum absolute atomic E-state index is 5.95. The molecular weight excluding hydrogens is 659 g/mol. The topological polar surface area (TPSA) is 48.3 Å². The quantitative estimate of drug-likeness (QED) is 0.106. The van der Waals surface area contributed by atoms with Crippen LogP contribution in [0.1, 0.15) is 34.6 Å². The molecule has 1 heterocycles. The summed E-state index contributed by atoms with van der Waals surface area (Å²) in [6.45, 7) is 13.5. The third-order valence-corrected chi connectivity index (χ3v) is 9.21. The van der Waals surface area contributed by atoms with Crippen LogP contribution in [-0.2, 0) is 6.54 Å². The van der Waals surface area contributed by atoms with Gasteiger partial charge in [0.2, 0.25) is 0 Å². The summed E-state index contributed by atoms with van der Waals surface area (Å²) in [4.78, 5) is 4.54. The second kappa shape index (κ2) is 16.1. The van der Waals surface area contributed by atoms with Gasteiger partial charge < -0.3 is 33.3 Å². The zero-order chi connectivity index (χ0) is 36.7. The lowest BCUT2D eigenvalue weighted by molar-refractivity contribution is 0.340. The van der Waals surface area contributed by atoms with E-state index in [-0.39, 0.29) is 0 Å².